The van der Waals surface area contributed by atoms with Crippen molar-refractivity contribution in [3.8, 4) is 17.2 Å². The van der Waals surface area contributed by atoms with Crippen molar-refractivity contribution >= 4 is 12.2 Å². The van der Waals surface area contributed by atoms with Gasteiger partial charge in [-0.25, -0.2) is 10.2 Å². The highest BCUT2D eigenvalue weighted by atomic mass is 16.5. The Morgan fingerprint density at radius 1 is 1.22 bits per heavy atom. The molecule has 0 fully saturated rings. The standard InChI is InChI=1S/C11H15N3O4/c1-16-8-5-4-7(6-13-14-11(12)15)9(17-2)10(8)18-3/h4-6H,1-3H3,(H3,12,14,15)/b13-6-. The number of hydrazone groups is 1. The number of nitrogens with two attached hydrogens (primary N) is 1. The molecule has 0 aliphatic rings. The molecule has 1 aromatic rings. The zero-order valence-electron chi connectivity index (χ0n) is 10.4. The monoisotopic (exact) mass is 253 g/mol. The molecule has 0 aliphatic heterocycles. The smallest absolute Gasteiger partial charge is 0.332 e. The number of rotatable bonds is 5. The fourth-order valence-electron chi connectivity index (χ4n) is 1.39. The van der Waals surface area contributed by atoms with Gasteiger partial charge >= 0.3 is 6.03 Å². The Kier molecular flexibility index (Phi) is 4.79. The lowest BCUT2D eigenvalue weighted by atomic mass is 10.2. The second-order valence-electron chi connectivity index (χ2n) is 3.16. The summed E-state index contributed by atoms with van der Waals surface area (Å²) < 4.78 is 15.6. The Hall–Kier alpha value is -2.44. The number of ether oxygens (including phenoxy) is 3. The molecule has 0 spiro atoms. The first-order chi connectivity index (χ1) is 8.63. The minimum Gasteiger partial charge on any atom is -0.493 e. The summed E-state index contributed by atoms with van der Waals surface area (Å²) in [7, 11) is 4.53. The summed E-state index contributed by atoms with van der Waals surface area (Å²) in [5.74, 6) is 1.43. The molecule has 3 N–H and O–H groups in total. The van der Waals surface area contributed by atoms with Crippen LogP contribution in [0.2, 0.25) is 0 Å². The number of hydrogen-bond donors (Lipinski definition) is 2. The quantitative estimate of drug-likeness (QED) is 0.597. The maximum atomic E-state index is 10.5. The van der Waals surface area contributed by atoms with Crippen LogP contribution in [0.4, 0.5) is 4.79 Å². The number of primary amides is 1. The summed E-state index contributed by atoms with van der Waals surface area (Å²) in [6.07, 6.45) is 1.39. The van der Waals surface area contributed by atoms with Crippen LogP contribution in [0.25, 0.3) is 0 Å². The number of benzene rings is 1. The predicted octanol–water partition coefficient (Wildman–Crippen LogP) is 0.715. The lowest BCUT2D eigenvalue weighted by Crippen LogP contribution is -2.24. The van der Waals surface area contributed by atoms with Gasteiger partial charge < -0.3 is 19.9 Å². The van der Waals surface area contributed by atoms with Gasteiger partial charge in [0.2, 0.25) is 5.75 Å². The third-order valence-electron chi connectivity index (χ3n) is 2.11. The molecule has 18 heavy (non-hydrogen) atoms. The minimum absolute atomic E-state index is 0.447. The molecule has 0 aliphatic carbocycles. The van der Waals surface area contributed by atoms with Crippen LogP contribution < -0.4 is 25.4 Å². The topological polar surface area (TPSA) is 95.2 Å². The zero-order valence-corrected chi connectivity index (χ0v) is 10.4. The van der Waals surface area contributed by atoms with Gasteiger partial charge in [-0.05, 0) is 12.1 Å². The first-order valence-corrected chi connectivity index (χ1v) is 5.01. The van der Waals surface area contributed by atoms with E-state index in [0.717, 1.165) is 0 Å². The van der Waals surface area contributed by atoms with Gasteiger partial charge in [-0.3, -0.25) is 0 Å². The van der Waals surface area contributed by atoms with Crippen molar-refractivity contribution in [3.05, 3.63) is 17.7 Å². The first-order valence-electron chi connectivity index (χ1n) is 5.01. The van der Waals surface area contributed by atoms with Gasteiger partial charge in [0.15, 0.2) is 11.5 Å². The van der Waals surface area contributed by atoms with Crippen LogP contribution in [-0.2, 0) is 0 Å². The van der Waals surface area contributed by atoms with E-state index in [1.54, 1.807) is 12.1 Å². The molecule has 0 aromatic heterocycles. The molecular formula is C11H15N3O4. The second kappa shape index (κ2) is 6.33. The second-order valence-corrected chi connectivity index (χ2v) is 3.16. The summed E-state index contributed by atoms with van der Waals surface area (Å²) in [6.45, 7) is 0. The summed E-state index contributed by atoms with van der Waals surface area (Å²) in [5.41, 5.74) is 7.60. The third-order valence-corrected chi connectivity index (χ3v) is 2.11. The summed E-state index contributed by atoms with van der Waals surface area (Å²) in [4.78, 5) is 10.5. The van der Waals surface area contributed by atoms with Gasteiger partial charge in [-0.2, -0.15) is 5.10 Å². The number of nitrogens with zero attached hydrogens (tertiary/aromatic N) is 1. The van der Waals surface area contributed by atoms with Crippen molar-refractivity contribution in [1.29, 1.82) is 0 Å². The molecule has 7 nitrogen and oxygen atoms in total. The molecule has 98 valence electrons. The van der Waals surface area contributed by atoms with Gasteiger partial charge in [0.1, 0.15) is 0 Å². The zero-order chi connectivity index (χ0) is 13.5. The average Bonchev–Trinajstić information content (AvgIpc) is 2.37. The highest BCUT2D eigenvalue weighted by Crippen LogP contribution is 2.38. The normalized spacial score (nSPS) is 10.2. The largest absolute Gasteiger partial charge is 0.493 e. The Labute approximate surface area is 105 Å². The molecule has 7 heteroatoms. The van der Waals surface area contributed by atoms with E-state index in [4.69, 9.17) is 19.9 Å². The van der Waals surface area contributed by atoms with Crippen molar-refractivity contribution in [2.24, 2.45) is 10.8 Å². The number of hydrogen-bond acceptors (Lipinski definition) is 5. The highest BCUT2D eigenvalue weighted by molar-refractivity contribution is 5.87. The maximum absolute atomic E-state index is 10.5. The average molecular weight is 253 g/mol. The molecular weight excluding hydrogens is 238 g/mol. The van der Waals surface area contributed by atoms with Crippen LogP contribution in [0.3, 0.4) is 0 Å². The number of urea groups is 1. The fourth-order valence-corrected chi connectivity index (χ4v) is 1.39. The molecule has 0 bridgehead atoms. The van der Waals surface area contributed by atoms with Crippen molar-refractivity contribution in [3.63, 3.8) is 0 Å². The number of methoxy groups -OCH3 is 3. The predicted molar refractivity (Wildman–Crippen MR) is 66.4 cm³/mol. The van der Waals surface area contributed by atoms with Gasteiger partial charge in [0, 0.05) is 5.56 Å². The summed E-state index contributed by atoms with van der Waals surface area (Å²) >= 11 is 0. The van der Waals surface area contributed by atoms with Crippen LogP contribution in [0, 0.1) is 0 Å². The summed E-state index contributed by atoms with van der Waals surface area (Å²) in [6, 6.07) is 2.67. The molecule has 2 amide bonds. The Bertz CT molecular complexity index is 460. The minimum atomic E-state index is -0.745. The number of carbonyl (C=O) groups is 1. The lowest BCUT2D eigenvalue weighted by Gasteiger charge is -2.13. The maximum Gasteiger partial charge on any atom is 0.332 e. The van der Waals surface area contributed by atoms with E-state index in [0.29, 0.717) is 22.8 Å². The fraction of sp³-hybridized carbons (Fsp3) is 0.273. The van der Waals surface area contributed by atoms with Gasteiger partial charge in [0.25, 0.3) is 0 Å². The van der Waals surface area contributed by atoms with Crippen molar-refractivity contribution < 1.29 is 19.0 Å². The van der Waals surface area contributed by atoms with E-state index in [2.05, 4.69) is 10.5 Å². The highest BCUT2D eigenvalue weighted by Gasteiger charge is 2.14. The van der Waals surface area contributed by atoms with Crippen molar-refractivity contribution in [2.75, 3.05) is 21.3 Å². The Morgan fingerprint density at radius 2 is 1.89 bits per heavy atom. The van der Waals surface area contributed by atoms with Crippen LogP contribution in [0.5, 0.6) is 17.2 Å². The van der Waals surface area contributed by atoms with E-state index in [9.17, 15) is 4.79 Å². The van der Waals surface area contributed by atoms with E-state index >= 15 is 0 Å². The number of nitrogens with one attached hydrogen (secondary N) is 1. The first kappa shape index (κ1) is 13.6. The molecule has 0 saturated heterocycles. The van der Waals surface area contributed by atoms with Crippen molar-refractivity contribution in [1.82, 2.24) is 5.43 Å². The van der Waals surface area contributed by atoms with Gasteiger partial charge in [0.05, 0.1) is 27.5 Å². The van der Waals surface area contributed by atoms with Crippen LogP contribution >= 0.6 is 0 Å². The molecule has 0 heterocycles. The van der Waals surface area contributed by atoms with Crippen LogP contribution in [-0.4, -0.2) is 33.6 Å². The van der Waals surface area contributed by atoms with E-state index in [1.807, 2.05) is 0 Å². The van der Waals surface area contributed by atoms with Gasteiger partial charge in [-0.1, -0.05) is 0 Å². The number of carbonyl (C=O) groups excluding carboxylic acids is 1. The molecule has 1 rings (SSSR count). The SMILES string of the molecule is COc1ccc(/C=N\NC(N)=O)c(OC)c1OC. The molecule has 0 radical (unpaired) electrons. The van der Waals surface area contributed by atoms with E-state index < -0.39 is 6.03 Å². The van der Waals surface area contributed by atoms with E-state index in [-0.39, 0.29) is 0 Å². The van der Waals surface area contributed by atoms with Crippen LogP contribution in [0.15, 0.2) is 17.2 Å². The van der Waals surface area contributed by atoms with Gasteiger partial charge in [-0.15, -0.1) is 0 Å². The lowest BCUT2D eigenvalue weighted by molar-refractivity contribution is 0.249. The van der Waals surface area contributed by atoms with Crippen LogP contribution in [0.1, 0.15) is 5.56 Å². The molecule has 0 atom stereocenters. The van der Waals surface area contributed by atoms with E-state index in [1.165, 1.54) is 27.5 Å². The molecule has 0 saturated carbocycles. The van der Waals surface area contributed by atoms with Crippen molar-refractivity contribution in [2.45, 2.75) is 0 Å². The Morgan fingerprint density at radius 3 is 2.39 bits per heavy atom. The number of amides is 2. The summed E-state index contributed by atoms with van der Waals surface area (Å²) in [5, 5.41) is 3.65. The molecule has 0 unspecified atom stereocenters. The molecule has 1 aromatic carbocycles. The Balaban J connectivity index is 3.12. The third kappa shape index (κ3) is 3.03.